The van der Waals surface area contributed by atoms with E-state index in [9.17, 15) is 4.79 Å². The first-order valence-corrected chi connectivity index (χ1v) is 10.6. The van der Waals surface area contributed by atoms with E-state index in [2.05, 4.69) is 71.1 Å². The van der Waals surface area contributed by atoms with Crippen LogP contribution >= 0.6 is 0 Å². The summed E-state index contributed by atoms with van der Waals surface area (Å²) in [6.07, 6.45) is 0. The standard InChI is InChI=1S/C24H28N4O2/c1-18-17-22(26-30-18)25-24(29)19(2)27-13-15-28(16-14-27)23(20-9-5-3-6-10-20)21-11-7-4-8-12-21/h3-12,17,19,23H,13-16H2,1-2H3,(H,25,26,29)/p+2/t19-/m1/s1. The predicted molar refractivity (Wildman–Crippen MR) is 115 cm³/mol. The third kappa shape index (κ3) is 4.61. The van der Waals surface area contributed by atoms with E-state index in [-0.39, 0.29) is 11.9 Å². The number of hydrogen-bond donors (Lipinski definition) is 3. The third-order valence-electron chi connectivity index (χ3n) is 6.09. The van der Waals surface area contributed by atoms with Crippen LogP contribution in [0.4, 0.5) is 5.82 Å². The van der Waals surface area contributed by atoms with Gasteiger partial charge in [0.05, 0.1) is 0 Å². The molecular formula is C24H30N4O2+2. The largest absolute Gasteiger partial charge is 0.360 e. The second-order valence-electron chi connectivity index (χ2n) is 8.10. The second-order valence-corrected chi connectivity index (χ2v) is 8.10. The number of piperazine rings is 1. The van der Waals surface area contributed by atoms with Crippen molar-refractivity contribution in [2.45, 2.75) is 25.9 Å². The van der Waals surface area contributed by atoms with Crippen molar-refractivity contribution in [3.05, 3.63) is 83.6 Å². The quantitative estimate of drug-likeness (QED) is 0.570. The second kappa shape index (κ2) is 9.24. The Labute approximate surface area is 177 Å². The first-order valence-electron chi connectivity index (χ1n) is 10.6. The Hall–Kier alpha value is -2.96. The molecule has 0 bridgehead atoms. The number of anilines is 1. The van der Waals surface area contributed by atoms with Gasteiger partial charge in [0.15, 0.2) is 11.9 Å². The molecule has 1 aliphatic rings. The number of nitrogens with zero attached hydrogens (tertiary/aromatic N) is 1. The van der Waals surface area contributed by atoms with E-state index < -0.39 is 0 Å². The maximum atomic E-state index is 12.7. The molecule has 3 N–H and O–H groups in total. The Balaban J connectivity index is 1.42. The minimum Gasteiger partial charge on any atom is -0.360 e. The van der Waals surface area contributed by atoms with Crippen LogP contribution in [0.5, 0.6) is 0 Å². The molecule has 1 saturated heterocycles. The number of carbonyl (C=O) groups is 1. The highest BCUT2D eigenvalue weighted by Crippen LogP contribution is 2.18. The summed E-state index contributed by atoms with van der Waals surface area (Å²) in [5.74, 6) is 1.17. The summed E-state index contributed by atoms with van der Waals surface area (Å²) < 4.78 is 5.04. The zero-order valence-electron chi connectivity index (χ0n) is 17.6. The van der Waals surface area contributed by atoms with E-state index in [4.69, 9.17) is 4.52 Å². The lowest BCUT2D eigenvalue weighted by molar-refractivity contribution is -1.03. The summed E-state index contributed by atoms with van der Waals surface area (Å²) in [5, 5.41) is 6.74. The third-order valence-corrected chi connectivity index (χ3v) is 6.09. The first kappa shape index (κ1) is 20.3. The van der Waals surface area contributed by atoms with E-state index in [1.165, 1.54) is 16.0 Å². The molecule has 0 aliphatic carbocycles. The van der Waals surface area contributed by atoms with Crippen molar-refractivity contribution < 1.29 is 19.1 Å². The molecule has 1 amide bonds. The fourth-order valence-electron chi connectivity index (χ4n) is 4.41. The molecule has 0 unspecified atom stereocenters. The van der Waals surface area contributed by atoms with Gasteiger partial charge in [0.2, 0.25) is 0 Å². The first-order chi connectivity index (χ1) is 14.6. The molecule has 0 spiro atoms. The number of benzene rings is 2. The minimum atomic E-state index is -0.129. The lowest BCUT2D eigenvalue weighted by Crippen LogP contribution is -3.30. The number of amides is 1. The highest BCUT2D eigenvalue weighted by atomic mass is 16.5. The van der Waals surface area contributed by atoms with Crippen molar-refractivity contribution in [2.75, 3.05) is 31.5 Å². The molecule has 0 saturated carbocycles. The summed E-state index contributed by atoms with van der Waals surface area (Å²) in [6.45, 7) is 7.76. The number of aryl methyl sites for hydroxylation is 1. The molecule has 3 aromatic rings. The van der Waals surface area contributed by atoms with Crippen molar-refractivity contribution >= 4 is 11.7 Å². The van der Waals surface area contributed by atoms with Gasteiger partial charge in [0.25, 0.3) is 5.91 Å². The van der Waals surface area contributed by atoms with Crippen LogP contribution in [0.15, 0.2) is 71.3 Å². The van der Waals surface area contributed by atoms with Crippen LogP contribution in [-0.4, -0.2) is 43.3 Å². The van der Waals surface area contributed by atoms with Gasteiger partial charge in [-0.3, -0.25) is 4.79 Å². The van der Waals surface area contributed by atoms with Crippen LogP contribution in [0.25, 0.3) is 0 Å². The topological polar surface area (TPSA) is 64.0 Å². The molecule has 2 aromatic carbocycles. The number of quaternary nitrogens is 2. The molecule has 4 rings (SSSR count). The van der Waals surface area contributed by atoms with Crippen molar-refractivity contribution in [1.29, 1.82) is 0 Å². The van der Waals surface area contributed by atoms with E-state index >= 15 is 0 Å². The maximum Gasteiger partial charge on any atom is 0.283 e. The highest BCUT2D eigenvalue weighted by Gasteiger charge is 2.35. The van der Waals surface area contributed by atoms with Crippen molar-refractivity contribution in [3.8, 4) is 0 Å². The lowest BCUT2D eigenvalue weighted by atomic mass is 9.96. The Kier molecular flexibility index (Phi) is 6.26. The maximum absolute atomic E-state index is 12.7. The van der Waals surface area contributed by atoms with Gasteiger partial charge in [-0.2, -0.15) is 0 Å². The van der Waals surface area contributed by atoms with Crippen LogP contribution < -0.4 is 15.1 Å². The fourth-order valence-corrected chi connectivity index (χ4v) is 4.41. The van der Waals surface area contributed by atoms with E-state index in [1.54, 1.807) is 11.0 Å². The summed E-state index contributed by atoms with van der Waals surface area (Å²) in [4.78, 5) is 15.5. The van der Waals surface area contributed by atoms with Gasteiger partial charge in [0, 0.05) is 17.2 Å². The molecular weight excluding hydrogens is 376 g/mol. The molecule has 2 heterocycles. The SMILES string of the molecule is Cc1cc(NC(=O)[C@@H](C)[NH+]2CC[NH+](C(c3ccccc3)c3ccccc3)CC2)no1. The predicted octanol–water partition coefficient (Wildman–Crippen LogP) is 0.883. The number of nitrogens with one attached hydrogen (secondary N) is 3. The van der Waals surface area contributed by atoms with Crippen molar-refractivity contribution in [2.24, 2.45) is 0 Å². The average Bonchev–Trinajstić information content (AvgIpc) is 3.20. The number of hydrogen-bond acceptors (Lipinski definition) is 3. The van der Waals surface area contributed by atoms with Gasteiger partial charge in [-0.25, -0.2) is 0 Å². The molecule has 6 nitrogen and oxygen atoms in total. The van der Waals surface area contributed by atoms with E-state index in [1.807, 2.05) is 13.8 Å². The Morgan fingerprint density at radius 1 is 0.933 bits per heavy atom. The monoisotopic (exact) mass is 406 g/mol. The molecule has 0 radical (unpaired) electrons. The van der Waals surface area contributed by atoms with Gasteiger partial charge in [-0.15, -0.1) is 0 Å². The fraction of sp³-hybridized carbons (Fsp3) is 0.333. The highest BCUT2D eigenvalue weighted by molar-refractivity contribution is 5.92. The van der Waals surface area contributed by atoms with Crippen LogP contribution in [0.1, 0.15) is 29.9 Å². The normalized spacial score (nSPS) is 20.1. The van der Waals surface area contributed by atoms with E-state index in [0.29, 0.717) is 17.6 Å². The molecule has 30 heavy (non-hydrogen) atoms. The van der Waals surface area contributed by atoms with Crippen LogP contribution in [0, 0.1) is 6.92 Å². The Morgan fingerprint density at radius 3 is 1.97 bits per heavy atom. The summed E-state index contributed by atoms with van der Waals surface area (Å²) in [7, 11) is 0. The van der Waals surface area contributed by atoms with Crippen molar-refractivity contribution in [3.63, 3.8) is 0 Å². The molecule has 156 valence electrons. The van der Waals surface area contributed by atoms with E-state index in [0.717, 1.165) is 26.2 Å². The van der Waals surface area contributed by atoms with Gasteiger partial charge < -0.3 is 19.6 Å². The number of rotatable bonds is 6. The number of carbonyl (C=O) groups excluding carboxylic acids is 1. The molecule has 1 aliphatic heterocycles. The van der Waals surface area contributed by atoms with Crippen LogP contribution in [0.3, 0.4) is 0 Å². The minimum absolute atomic E-state index is 0.00980. The molecule has 1 fully saturated rings. The summed E-state index contributed by atoms with van der Waals surface area (Å²) >= 11 is 0. The zero-order chi connectivity index (χ0) is 20.9. The van der Waals surface area contributed by atoms with Gasteiger partial charge in [0.1, 0.15) is 38.0 Å². The van der Waals surface area contributed by atoms with Gasteiger partial charge in [-0.1, -0.05) is 65.8 Å². The smallest absolute Gasteiger partial charge is 0.283 e. The Morgan fingerprint density at radius 2 is 1.47 bits per heavy atom. The Bertz CT molecular complexity index is 910. The summed E-state index contributed by atoms with van der Waals surface area (Å²) in [6, 6.07) is 23.4. The molecule has 1 atom stereocenters. The average molecular weight is 407 g/mol. The number of aromatic nitrogens is 1. The van der Waals surface area contributed by atoms with Crippen molar-refractivity contribution in [1.82, 2.24) is 5.16 Å². The molecule has 1 aromatic heterocycles. The van der Waals surface area contributed by atoms with Gasteiger partial charge in [-0.05, 0) is 13.8 Å². The lowest BCUT2D eigenvalue weighted by Gasteiger charge is -2.36. The van der Waals surface area contributed by atoms with Gasteiger partial charge >= 0.3 is 0 Å². The van der Waals surface area contributed by atoms with Crippen LogP contribution in [0.2, 0.25) is 0 Å². The zero-order valence-corrected chi connectivity index (χ0v) is 17.6. The van der Waals surface area contributed by atoms with Crippen LogP contribution in [-0.2, 0) is 4.79 Å². The summed E-state index contributed by atoms with van der Waals surface area (Å²) in [5.41, 5.74) is 2.68. The molecule has 6 heteroatoms.